The SMILES string of the molecule is CCCCCCC=CCCCC(CCCC)OC(C)=O. The summed E-state index contributed by atoms with van der Waals surface area (Å²) in [7, 11) is 0. The average Bonchev–Trinajstić information content (AvgIpc) is 2.42. The van der Waals surface area contributed by atoms with Gasteiger partial charge < -0.3 is 4.74 Å². The summed E-state index contributed by atoms with van der Waals surface area (Å²) in [4.78, 5) is 11.0. The molecule has 0 aliphatic rings. The van der Waals surface area contributed by atoms with Crippen LogP contribution >= 0.6 is 0 Å². The van der Waals surface area contributed by atoms with Crippen LogP contribution in [0.2, 0.25) is 0 Å². The van der Waals surface area contributed by atoms with Crippen molar-refractivity contribution < 1.29 is 9.53 Å². The van der Waals surface area contributed by atoms with Crippen molar-refractivity contribution in [2.75, 3.05) is 0 Å². The molecule has 0 saturated heterocycles. The zero-order chi connectivity index (χ0) is 15.1. The first-order valence-corrected chi connectivity index (χ1v) is 8.52. The van der Waals surface area contributed by atoms with Crippen LogP contribution < -0.4 is 0 Å². The van der Waals surface area contributed by atoms with E-state index in [-0.39, 0.29) is 12.1 Å². The maximum atomic E-state index is 11.0. The Labute approximate surface area is 126 Å². The van der Waals surface area contributed by atoms with Gasteiger partial charge in [-0.15, -0.1) is 0 Å². The predicted octanol–water partition coefficient (Wildman–Crippen LogP) is 5.81. The Hall–Kier alpha value is -0.790. The minimum absolute atomic E-state index is 0.130. The van der Waals surface area contributed by atoms with Crippen molar-refractivity contribution in [1.29, 1.82) is 0 Å². The van der Waals surface area contributed by atoms with Crippen molar-refractivity contribution in [1.82, 2.24) is 0 Å². The molecule has 0 N–H and O–H groups in total. The molecule has 0 saturated carbocycles. The maximum Gasteiger partial charge on any atom is 0.302 e. The van der Waals surface area contributed by atoms with E-state index in [1.165, 1.54) is 39.0 Å². The first-order valence-electron chi connectivity index (χ1n) is 8.52. The fourth-order valence-corrected chi connectivity index (χ4v) is 2.32. The molecule has 0 aromatic heterocycles. The lowest BCUT2D eigenvalue weighted by Crippen LogP contribution is -2.16. The van der Waals surface area contributed by atoms with Crippen LogP contribution in [0.1, 0.15) is 91.4 Å². The van der Waals surface area contributed by atoms with Crippen LogP contribution in [0.15, 0.2) is 12.2 Å². The highest BCUT2D eigenvalue weighted by atomic mass is 16.5. The Morgan fingerprint density at radius 2 is 1.50 bits per heavy atom. The summed E-state index contributed by atoms with van der Waals surface area (Å²) in [5, 5.41) is 0. The van der Waals surface area contributed by atoms with Gasteiger partial charge in [-0.2, -0.15) is 0 Å². The molecule has 0 radical (unpaired) electrons. The third-order valence-electron chi connectivity index (χ3n) is 3.50. The molecule has 0 fully saturated rings. The van der Waals surface area contributed by atoms with Gasteiger partial charge in [-0.25, -0.2) is 0 Å². The molecule has 1 unspecified atom stereocenters. The highest BCUT2D eigenvalue weighted by Gasteiger charge is 2.10. The van der Waals surface area contributed by atoms with Gasteiger partial charge in [0.05, 0.1) is 0 Å². The van der Waals surface area contributed by atoms with Gasteiger partial charge in [0, 0.05) is 6.92 Å². The van der Waals surface area contributed by atoms with Gasteiger partial charge >= 0.3 is 5.97 Å². The van der Waals surface area contributed by atoms with Crippen LogP contribution in [-0.4, -0.2) is 12.1 Å². The molecular weight excluding hydrogens is 248 g/mol. The summed E-state index contributed by atoms with van der Waals surface area (Å²) in [6.45, 7) is 5.93. The standard InChI is InChI=1S/C18H34O2/c1-4-6-8-9-10-11-12-13-14-16-18(15-7-5-2)20-17(3)19/h11-12,18H,4-10,13-16H2,1-3H3. The van der Waals surface area contributed by atoms with Gasteiger partial charge in [-0.1, -0.05) is 58.1 Å². The van der Waals surface area contributed by atoms with Crippen molar-refractivity contribution in [3.8, 4) is 0 Å². The maximum absolute atomic E-state index is 11.0. The van der Waals surface area contributed by atoms with Gasteiger partial charge in [0.15, 0.2) is 0 Å². The number of esters is 1. The summed E-state index contributed by atoms with van der Waals surface area (Å²) in [5.74, 6) is -0.141. The number of unbranched alkanes of at least 4 members (excludes halogenated alkanes) is 6. The topological polar surface area (TPSA) is 26.3 Å². The summed E-state index contributed by atoms with van der Waals surface area (Å²) in [6.07, 6.45) is 17.8. The molecule has 0 bridgehead atoms. The van der Waals surface area contributed by atoms with E-state index in [1.807, 2.05) is 0 Å². The van der Waals surface area contributed by atoms with Gasteiger partial charge in [0.2, 0.25) is 0 Å². The molecule has 0 aliphatic carbocycles. The lowest BCUT2D eigenvalue weighted by molar-refractivity contribution is -0.147. The number of allylic oxidation sites excluding steroid dienone is 2. The largest absolute Gasteiger partial charge is 0.463 e. The summed E-state index contributed by atoms with van der Waals surface area (Å²) in [6, 6.07) is 0. The second-order valence-electron chi connectivity index (χ2n) is 5.63. The van der Waals surface area contributed by atoms with E-state index in [1.54, 1.807) is 0 Å². The zero-order valence-corrected chi connectivity index (χ0v) is 13.8. The molecule has 0 spiro atoms. The van der Waals surface area contributed by atoms with Crippen LogP contribution in [-0.2, 0) is 9.53 Å². The molecule has 0 rings (SSSR count). The second-order valence-corrected chi connectivity index (χ2v) is 5.63. The number of carbonyl (C=O) groups is 1. The van der Waals surface area contributed by atoms with E-state index < -0.39 is 0 Å². The average molecular weight is 282 g/mol. The van der Waals surface area contributed by atoms with Crippen LogP contribution in [0.3, 0.4) is 0 Å². The fraction of sp³-hybridized carbons (Fsp3) is 0.833. The van der Waals surface area contributed by atoms with Crippen molar-refractivity contribution in [3.63, 3.8) is 0 Å². The summed E-state index contributed by atoms with van der Waals surface area (Å²) < 4.78 is 5.36. The lowest BCUT2D eigenvalue weighted by Gasteiger charge is -2.16. The Balaban J connectivity index is 3.60. The number of hydrogen-bond donors (Lipinski definition) is 0. The van der Waals surface area contributed by atoms with Crippen LogP contribution in [0.4, 0.5) is 0 Å². The van der Waals surface area contributed by atoms with E-state index in [4.69, 9.17) is 4.74 Å². The summed E-state index contributed by atoms with van der Waals surface area (Å²) >= 11 is 0. The van der Waals surface area contributed by atoms with E-state index in [2.05, 4.69) is 26.0 Å². The van der Waals surface area contributed by atoms with Gasteiger partial charge in [0.25, 0.3) is 0 Å². The molecular formula is C18H34O2. The number of hydrogen-bond acceptors (Lipinski definition) is 2. The van der Waals surface area contributed by atoms with Crippen molar-refractivity contribution in [2.45, 2.75) is 97.5 Å². The molecule has 20 heavy (non-hydrogen) atoms. The first-order chi connectivity index (χ1) is 9.70. The molecule has 2 heteroatoms. The zero-order valence-electron chi connectivity index (χ0n) is 13.8. The van der Waals surface area contributed by atoms with E-state index in [0.29, 0.717) is 0 Å². The Morgan fingerprint density at radius 1 is 0.900 bits per heavy atom. The highest BCUT2D eigenvalue weighted by molar-refractivity contribution is 5.66. The third-order valence-corrected chi connectivity index (χ3v) is 3.50. The highest BCUT2D eigenvalue weighted by Crippen LogP contribution is 2.13. The quantitative estimate of drug-likeness (QED) is 0.242. The van der Waals surface area contributed by atoms with Crippen molar-refractivity contribution >= 4 is 5.97 Å². The number of carbonyl (C=O) groups excluding carboxylic acids is 1. The molecule has 0 aromatic carbocycles. The lowest BCUT2D eigenvalue weighted by atomic mass is 10.1. The third kappa shape index (κ3) is 13.6. The predicted molar refractivity (Wildman–Crippen MR) is 86.8 cm³/mol. The Bertz CT molecular complexity index is 246. The molecule has 0 heterocycles. The fourth-order valence-electron chi connectivity index (χ4n) is 2.32. The molecule has 0 aromatic rings. The molecule has 0 aliphatic heterocycles. The molecule has 118 valence electrons. The second kappa shape index (κ2) is 14.6. The minimum Gasteiger partial charge on any atom is -0.463 e. The van der Waals surface area contributed by atoms with Crippen molar-refractivity contribution in [2.24, 2.45) is 0 Å². The van der Waals surface area contributed by atoms with Crippen LogP contribution in [0, 0.1) is 0 Å². The molecule has 1 atom stereocenters. The van der Waals surface area contributed by atoms with Crippen LogP contribution in [0.5, 0.6) is 0 Å². The van der Waals surface area contributed by atoms with Gasteiger partial charge in [-0.3, -0.25) is 4.79 Å². The smallest absolute Gasteiger partial charge is 0.302 e. The number of rotatable bonds is 13. The monoisotopic (exact) mass is 282 g/mol. The molecule has 2 nitrogen and oxygen atoms in total. The summed E-state index contributed by atoms with van der Waals surface area (Å²) in [5.41, 5.74) is 0. The van der Waals surface area contributed by atoms with E-state index in [9.17, 15) is 4.79 Å². The van der Waals surface area contributed by atoms with E-state index >= 15 is 0 Å². The minimum atomic E-state index is -0.141. The molecule has 0 amide bonds. The van der Waals surface area contributed by atoms with Crippen molar-refractivity contribution in [3.05, 3.63) is 12.2 Å². The van der Waals surface area contributed by atoms with Gasteiger partial charge in [0.1, 0.15) is 6.10 Å². The number of ether oxygens (including phenoxy) is 1. The normalized spacial score (nSPS) is 12.8. The Morgan fingerprint density at radius 3 is 2.10 bits per heavy atom. The van der Waals surface area contributed by atoms with Crippen LogP contribution in [0.25, 0.3) is 0 Å². The first kappa shape index (κ1) is 19.2. The van der Waals surface area contributed by atoms with Gasteiger partial charge in [-0.05, 0) is 38.5 Å². The van der Waals surface area contributed by atoms with E-state index in [0.717, 1.165) is 38.5 Å². The Kier molecular flexibility index (Phi) is 14.0.